The van der Waals surface area contributed by atoms with Gasteiger partial charge in [-0.2, -0.15) is 0 Å². The third-order valence-electron chi connectivity index (χ3n) is 3.23. The predicted molar refractivity (Wildman–Crippen MR) is 70.0 cm³/mol. The molecule has 1 unspecified atom stereocenters. The van der Waals surface area contributed by atoms with Crippen LogP contribution < -0.4 is 10.9 Å². The summed E-state index contributed by atoms with van der Waals surface area (Å²) in [6, 6.07) is 1.05. The highest BCUT2D eigenvalue weighted by Crippen LogP contribution is 2.21. The number of carbonyl (C=O) groups excluding carboxylic acids is 2. The second kappa shape index (κ2) is 4.27. The number of fused-ring (bicyclic) bond motifs is 1. The molecule has 0 saturated carbocycles. The van der Waals surface area contributed by atoms with Crippen LogP contribution in [-0.2, 0) is 9.59 Å². The van der Waals surface area contributed by atoms with Crippen molar-refractivity contribution in [3.8, 4) is 0 Å². The normalized spacial score (nSPS) is 19.7. The minimum Gasteiger partial charge on any atom is -0.295 e. The van der Waals surface area contributed by atoms with Gasteiger partial charge in [-0.05, 0) is 24.8 Å². The van der Waals surface area contributed by atoms with Crippen molar-refractivity contribution in [1.29, 1.82) is 0 Å². The Morgan fingerprint density at radius 2 is 2.21 bits per heavy atom. The largest absolute Gasteiger partial charge is 0.295 e. The minimum absolute atomic E-state index is 0.224. The molecule has 6 nitrogen and oxygen atoms in total. The van der Waals surface area contributed by atoms with Crippen molar-refractivity contribution in [3.05, 3.63) is 27.6 Å². The number of imide groups is 1. The zero-order chi connectivity index (χ0) is 13.6. The fraction of sp³-hybridized carbons (Fsp3) is 0.333. The fourth-order valence-corrected chi connectivity index (χ4v) is 3.12. The Hall–Kier alpha value is -2.02. The van der Waals surface area contributed by atoms with Gasteiger partial charge in [-0.1, -0.05) is 0 Å². The molecule has 1 aliphatic heterocycles. The van der Waals surface area contributed by atoms with Crippen LogP contribution in [0, 0.1) is 6.92 Å². The molecule has 7 heteroatoms. The lowest BCUT2D eigenvalue weighted by Gasteiger charge is -2.24. The standard InChI is InChI=1S/C12H11N3O3S/c1-6-13-11-7(4-5-19-11)12(18)15(6)8-2-3-9(16)14-10(8)17/h4-5,8H,2-3H2,1H3,(H,14,16,17). The molecule has 1 N–H and O–H groups in total. The van der Waals surface area contributed by atoms with Crippen LogP contribution in [0.25, 0.3) is 10.2 Å². The quantitative estimate of drug-likeness (QED) is 0.780. The summed E-state index contributed by atoms with van der Waals surface area (Å²) in [5.41, 5.74) is -0.224. The number of piperidine rings is 1. The van der Waals surface area contributed by atoms with Crippen LogP contribution in [0.15, 0.2) is 16.2 Å². The summed E-state index contributed by atoms with van der Waals surface area (Å²) in [4.78, 5) is 40.4. The molecule has 0 aliphatic carbocycles. The highest BCUT2D eigenvalue weighted by atomic mass is 32.1. The monoisotopic (exact) mass is 277 g/mol. The molecule has 2 aromatic heterocycles. The van der Waals surface area contributed by atoms with E-state index >= 15 is 0 Å². The molecule has 1 aliphatic rings. The Morgan fingerprint density at radius 1 is 1.42 bits per heavy atom. The van der Waals surface area contributed by atoms with Crippen molar-refractivity contribution in [2.24, 2.45) is 0 Å². The number of thiophene rings is 1. The van der Waals surface area contributed by atoms with Crippen LogP contribution in [0.4, 0.5) is 0 Å². The number of rotatable bonds is 1. The first-order chi connectivity index (χ1) is 9.08. The van der Waals surface area contributed by atoms with Crippen molar-refractivity contribution >= 4 is 33.4 Å². The number of amides is 2. The summed E-state index contributed by atoms with van der Waals surface area (Å²) < 4.78 is 1.39. The van der Waals surface area contributed by atoms with Crippen LogP contribution in [0.5, 0.6) is 0 Å². The third kappa shape index (κ3) is 1.86. The maximum absolute atomic E-state index is 12.4. The van der Waals surface area contributed by atoms with E-state index in [2.05, 4.69) is 10.3 Å². The number of nitrogens with one attached hydrogen (secondary N) is 1. The molecule has 19 heavy (non-hydrogen) atoms. The van der Waals surface area contributed by atoms with Crippen molar-refractivity contribution < 1.29 is 9.59 Å². The molecule has 1 fully saturated rings. The van der Waals surface area contributed by atoms with Crippen molar-refractivity contribution in [2.75, 3.05) is 0 Å². The topological polar surface area (TPSA) is 81.1 Å². The van der Waals surface area contributed by atoms with Crippen LogP contribution in [0.3, 0.4) is 0 Å². The molecule has 3 rings (SSSR count). The maximum Gasteiger partial charge on any atom is 0.263 e. The summed E-state index contributed by atoms with van der Waals surface area (Å²) in [5.74, 6) is -0.233. The summed E-state index contributed by atoms with van der Waals surface area (Å²) >= 11 is 1.39. The van der Waals surface area contributed by atoms with Gasteiger partial charge in [0.2, 0.25) is 11.8 Å². The van der Waals surface area contributed by atoms with E-state index in [4.69, 9.17) is 0 Å². The highest BCUT2D eigenvalue weighted by Gasteiger charge is 2.30. The van der Waals surface area contributed by atoms with E-state index in [9.17, 15) is 14.4 Å². The molecule has 0 bridgehead atoms. The van der Waals surface area contributed by atoms with Crippen molar-refractivity contribution in [2.45, 2.75) is 25.8 Å². The fourth-order valence-electron chi connectivity index (χ4n) is 2.32. The molecule has 0 spiro atoms. The Balaban J connectivity index is 2.17. The molecule has 1 saturated heterocycles. The number of nitrogens with zero attached hydrogens (tertiary/aromatic N) is 2. The van der Waals surface area contributed by atoms with Crippen molar-refractivity contribution in [3.63, 3.8) is 0 Å². The molecule has 98 valence electrons. The third-order valence-corrected chi connectivity index (χ3v) is 4.03. The zero-order valence-corrected chi connectivity index (χ0v) is 11.0. The van der Waals surface area contributed by atoms with Gasteiger partial charge >= 0.3 is 0 Å². The lowest BCUT2D eigenvalue weighted by Crippen LogP contribution is -2.45. The average molecular weight is 277 g/mol. The lowest BCUT2D eigenvalue weighted by molar-refractivity contribution is -0.135. The molecular formula is C12H11N3O3S. The van der Waals surface area contributed by atoms with E-state index in [1.807, 2.05) is 0 Å². The Morgan fingerprint density at radius 3 is 2.95 bits per heavy atom. The van der Waals surface area contributed by atoms with E-state index < -0.39 is 11.9 Å². The number of hydrogen-bond acceptors (Lipinski definition) is 5. The zero-order valence-electron chi connectivity index (χ0n) is 10.2. The van der Waals surface area contributed by atoms with Crippen molar-refractivity contribution in [1.82, 2.24) is 14.9 Å². The smallest absolute Gasteiger partial charge is 0.263 e. The molecule has 2 aromatic rings. The number of aryl methyl sites for hydroxylation is 1. The molecule has 3 heterocycles. The Bertz CT molecular complexity index is 746. The van der Waals surface area contributed by atoms with Gasteiger partial charge in [0.05, 0.1) is 5.39 Å². The van der Waals surface area contributed by atoms with Gasteiger partial charge in [-0.15, -0.1) is 11.3 Å². The summed E-state index contributed by atoms with van der Waals surface area (Å²) in [7, 11) is 0. The van der Waals surface area contributed by atoms with E-state index in [1.165, 1.54) is 15.9 Å². The summed E-state index contributed by atoms with van der Waals surface area (Å²) in [6.45, 7) is 1.70. The van der Waals surface area contributed by atoms with Crippen LogP contribution >= 0.6 is 11.3 Å². The predicted octanol–water partition coefficient (Wildman–Crippen LogP) is 0.744. The molecule has 1 atom stereocenters. The lowest BCUT2D eigenvalue weighted by atomic mass is 10.1. The summed E-state index contributed by atoms with van der Waals surface area (Å²) in [6.07, 6.45) is 0.576. The highest BCUT2D eigenvalue weighted by molar-refractivity contribution is 7.16. The van der Waals surface area contributed by atoms with E-state index in [1.54, 1.807) is 18.4 Å². The van der Waals surface area contributed by atoms with Gasteiger partial charge in [-0.3, -0.25) is 24.3 Å². The Labute approximate surface area is 112 Å². The van der Waals surface area contributed by atoms with Gasteiger partial charge in [0.1, 0.15) is 16.7 Å². The first-order valence-corrected chi connectivity index (χ1v) is 6.76. The van der Waals surface area contributed by atoms with Gasteiger partial charge in [0.15, 0.2) is 0 Å². The Kier molecular flexibility index (Phi) is 2.70. The molecule has 0 radical (unpaired) electrons. The average Bonchev–Trinajstić information content (AvgIpc) is 2.80. The first kappa shape index (κ1) is 12.0. The second-order valence-corrected chi connectivity index (χ2v) is 5.34. The van der Waals surface area contributed by atoms with Crippen LogP contribution in [-0.4, -0.2) is 21.4 Å². The molecule has 2 amide bonds. The second-order valence-electron chi connectivity index (χ2n) is 4.44. The number of hydrogen-bond donors (Lipinski definition) is 1. The molecule has 0 aromatic carbocycles. The van der Waals surface area contributed by atoms with E-state index in [0.29, 0.717) is 22.5 Å². The van der Waals surface area contributed by atoms with Crippen LogP contribution in [0.1, 0.15) is 24.7 Å². The van der Waals surface area contributed by atoms with E-state index in [0.717, 1.165) is 0 Å². The minimum atomic E-state index is -0.651. The van der Waals surface area contributed by atoms with Gasteiger partial charge in [0, 0.05) is 6.42 Å². The van der Waals surface area contributed by atoms with Gasteiger partial charge in [-0.25, -0.2) is 4.98 Å². The van der Waals surface area contributed by atoms with Crippen LogP contribution in [0.2, 0.25) is 0 Å². The molecular weight excluding hydrogens is 266 g/mol. The summed E-state index contributed by atoms with van der Waals surface area (Å²) in [5, 5.41) is 4.57. The SMILES string of the molecule is Cc1nc2sccc2c(=O)n1C1CCC(=O)NC1=O. The maximum atomic E-state index is 12.4. The van der Waals surface area contributed by atoms with Gasteiger partial charge < -0.3 is 0 Å². The first-order valence-electron chi connectivity index (χ1n) is 5.88. The number of carbonyl (C=O) groups is 2. The van der Waals surface area contributed by atoms with Gasteiger partial charge in [0.25, 0.3) is 5.56 Å². The van der Waals surface area contributed by atoms with E-state index in [-0.39, 0.29) is 17.9 Å². The number of aromatic nitrogens is 2.